The molecule has 0 bridgehead atoms. The third-order valence-electron chi connectivity index (χ3n) is 1.73. The summed E-state index contributed by atoms with van der Waals surface area (Å²) >= 11 is 3.11. The van der Waals surface area contributed by atoms with E-state index >= 15 is 0 Å². The first kappa shape index (κ1) is 9.32. The van der Waals surface area contributed by atoms with E-state index in [9.17, 15) is 13.2 Å². The topological polar surface area (TPSA) is 12.0 Å². The lowest BCUT2D eigenvalue weighted by Crippen LogP contribution is -2.48. The fourth-order valence-corrected chi connectivity index (χ4v) is 1.79. The predicted molar refractivity (Wildman–Crippen MR) is 39.5 cm³/mol. The molecule has 2 unspecified atom stereocenters. The van der Waals surface area contributed by atoms with Gasteiger partial charge in [0.2, 0.25) is 0 Å². The normalized spacial score (nSPS) is 33.8. The zero-order valence-corrected chi connectivity index (χ0v) is 7.37. The third-order valence-corrected chi connectivity index (χ3v) is 2.45. The Morgan fingerprint density at radius 2 is 1.91 bits per heavy atom. The van der Waals surface area contributed by atoms with E-state index in [0.717, 1.165) is 6.42 Å². The first-order valence-electron chi connectivity index (χ1n) is 3.47. The standard InChI is InChI=1S/C6H9BrF3N/c7-5-3-1-2-4(11-5)6(8,9)10/h4-5,11H,1-3H2. The van der Waals surface area contributed by atoms with E-state index < -0.39 is 12.2 Å². The van der Waals surface area contributed by atoms with Crippen LogP contribution in [0.2, 0.25) is 0 Å². The lowest BCUT2D eigenvalue weighted by Gasteiger charge is -2.29. The molecular formula is C6H9BrF3N. The van der Waals surface area contributed by atoms with Crippen LogP contribution in [-0.4, -0.2) is 17.2 Å². The number of halogens is 4. The lowest BCUT2D eigenvalue weighted by atomic mass is 10.1. The van der Waals surface area contributed by atoms with Crippen LogP contribution < -0.4 is 5.32 Å². The highest BCUT2D eigenvalue weighted by molar-refractivity contribution is 9.09. The molecule has 0 aromatic rings. The van der Waals surface area contributed by atoms with Crippen molar-refractivity contribution in [3.8, 4) is 0 Å². The van der Waals surface area contributed by atoms with Crippen molar-refractivity contribution in [2.24, 2.45) is 0 Å². The van der Waals surface area contributed by atoms with Gasteiger partial charge in [0.1, 0.15) is 6.04 Å². The number of hydrogen-bond acceptors (Lipinski definition) is 1. The van der Waals surface area contributed by atoms with Crippen LogP contribution in [0.5, 0.6) is 0 Å². The minimum absolute atomic E-state index is 0.178. The summed E-state index contributed by atoms with van der Waals surface area (Å²) in [6.07, 6.45) is -2.49. The van der Waals surface area contributed by atoms with Crippen LogP contribution in [0.4, 0.5) is 13.2 Å². The number of alkyl halides is 4. The van der Waals surface area contributed by atoms with Gasteiger partial charge in [-0.15, -0.1) is 0 Å². The molecule has 1 saturated heterocycles. The Morgan fingerprint density at radius 1 is 1.27 bits per heavy atom. The molecule has 1 heterocycles. The second-order valence-corrected chi connectivity index (χ2v) is 3.76. The minimum atomic E-state index is -4.09. The summed E-state index contributed by atoms with van der Waals surface area (Å²) in [7, 11) is 0. The quantitative estimate of drug-likeness (QED) is 0.499. The predicted octanol–water partition coefficient (Wildman–Crippen LogP) is 2.41. The highest BCUT2D eigenvalue weighted by atomic mass is 79.9. The van der Waals surface area contributed by atoms with E-state index in [1.807, 2.05) is 0 Å². The van der Waals surface area contributed by atoms with Gasteiger partial charge in [-0.2, -0.15) is 13.2 Å². The number of nitrogens with one attached hydrogen (secondary N) is 1. The fourth-order valence-electron chi connectivity index (χ4n) is 1.14. The SMILES string of the molecule is FC(F)(F)C1CCCC(Br)N1. The van der Waals surface area contributed by atoms with Crippen LogP contribution >= 0.6 is 15.9 Å². The smallest absolute Gasteiger partial charge is 0.294 e. The largest absolute Gasteiger partial charge is 0.403 e. The fraction of sp³-hybridized carbons (Fsp3) is 1.00. The third kappa shape index (κ3) is 2.63. The first-order valence-corrected chi connectivity index (χ1v) is 4.38. The second-order valence-electron chi connectivity index (χ2n) is 2.66. The lowest BCUT2D eigenvalue weighted by molar-refractivity contribution is -0.160. The average molecular weight is 232 g/mol. The maximum Gasteiger partial charge on any atom is 0.403 e. The van der Waals surface area contributed by atoms with Gasteiger partial charge in [0.05, 0.1) is 4.95 Å². The molecular weight excluding hydrogens is 223 g/mol. The van der Waals surface area contributed by atoms with Gasteiger partial charge in [-0.05, 0) is 19.3 Å². The van der Waals surface area contributed by atoms with Gasteiger partial charge in [-0.25, -0.2) is 0 Å². The Labute approximate surface area is 71.5 Å². The van der Waals surface area contributed by atoms with E-state index in [0.29, 0.717) is 6.42 Å². The maximum atomic E-state index is 12.0. The van der Waals surface area contributed by atoms with Gasteiger partial charge >= 0.3 is 6.18 Å². The highest BCUT2D eigenvalue weighted by Gasteiger charge is 2.41. The van der Waals surface area contributed by atoms with Gasteiger partial charge in [0, 0.05) is 0 Å². The first-order chi connectivity index (χ1) is 5.00. The number of rotatable bonds is 0. The van der Waals surface area contributed by atoms with E-state index in [4.69, 9.17) is 0 Å². The van der Waals surface area contributed by atoms with Crippen molar-refractivity contribution in [3.63, 3.8) is 0 Å². The van der Waals surface area contributed by atoms with Gasteiger partial charge < -0.3 is 0 Å². The molecule has 0 amide bonds. The van der Waals surface area contributed by atoms with Crippen LogP contribution in [0, 0.1) is 0 Å². The van der Waals surface area contributed by atoms with E-state index in [1.54, 1.807) is 0 Å². The van der Waals surface area contributed by atoms with Crippen molar-refractivity contribution in [3.05, 3.63) is 0 Å². The number of hydrogen-bond donors (Lipinski definition) is 1. The molecule has 0 aromatic carbocycles. The second kappa shape index (κ2) is 3.31. The van der Waals surface area contributed by atoms with Crippen molar-refractivity contribution < 1.29 is 13.2 Å². The summed E-state index contributed by atoms with van der Waals surface area (Å²) < 4.78 is 36.1. The molecule has 0 aliphatic carbocycles. The molecule has 1 aliphatic heterocycles. The molecule has 1 aliphatic rings. The summed E-state index contributed by atoms with van der Waals surface area (Å²) in [5, 5.41) is 2.45. The van der Waals surface area contributed by atoms with Gasteiger partial charge in [0.25, 0.3) is 0 Å². The highest BCUT2D eigenvalue weighted by Crippen LogP contribution is 2.28. The summed E-state index contributed by atoms with van der Waals surface area (Å²) in [6, 6.07) is -1.32. The van der Waals surface area contributed by atoms with E-state index in [-0.39, 0.29) is 11.4 Å². The Hall–Kier alpha value is 0.230. The molecule has 0 aromatic heterocycles. The Kier molecular flexibility index (Phi) is 2.80. The van der Waals surface area contributed by atoms with Gasteiger partial charge in [-0.3, -0.25) is 5.32 Å². The van der Waals surface area contributed by atoms with Crippen molar-refractivity contribution in [1.82, 2.24) is 5.32 Å². The Bertz CT molecular complexity index is 136. The molecule has 66 valence electrons. The molecule has 1 nitrogen and oxygen atoms in total. The molecule has 11 heavy (non-hydrogen) atoms. The van der Waals surface area contributed by atoms with Crippen molar-refractivity contribution >= 4 is 15.9 Å². The van der Waals surface area contributed by atoms with Crippen LogP contribution in [0.15, 0.2) is 0 Å². The van der Waals surface area contributed by atoms with Crippen LogP contribution in [-0.2, 0) is 0 Å². The maximum absolute atomic E-state index is 12.0. The van der Waals surface area contributed by atoms with E-state index in [2.05, 4.69) is 21.2 Å². The Balaban J connectivity index is 2.46. The summed E-state index contributed by atoms with van der Waals surface area (Å²) in [6.45, 7) is 0. The van der Waals surface area contributed by atoms with Gasteiger partial charge in [-0.1, -0.05) is 15.9 Å². The molecule has 2 atom stereocenters. The summed E-state index contributed by atoms with van der Waals surface area (Å²) in [4.78, 5) is -0.178. The van der Waals surface area contributed by atoms with Crippen molar-refractivity contribution in [2.75, 3.05) is 0 Å². The van der Waals surface area contributed by atoms with Crippen LogP contribution in [0.25, 0.3) is 0 Å². The average Bonchev–Trinajstić information content (AvgIpc) is 1.86. The van der Waals surface area contributed by atoms with Gasteiger partial charge in [0.15, 0.2) is 0 Å². The molecule has 0 spiro atoms. The molecule has 1 N–H and O–H groups in total. The molecule has 0 saturated carbocycles. The van der Waals surface area contributed by atoms with Crippen LogP contribution in [0.3, 0.4) is 0 Å². The monoisotopic (exact) mass is 231 g/mol. The Morgan fingerprint density at radius 3 is 2.27 bits per heavy atom. The minimum Gasteiger partial charge on any atom is -0.294 e. The molecule has 0 radical (unpaired) electrons. The van der Waals surface area contributed by atoms with Crippen molar-refractivity contribution in [1.29, 1.82) is 0 Å². The summed E-state index contributed by atoms with van der Waals surface area (Å²) in [5.74, 6) is 0. The molecule has 5 heteroatoms. The van der Waals surface area contributed by atoms with E-state index in [1.165, 1.54) is 0 Å². The molecule has 1 fully saturated rings. The van der Waals surface area contributed by atoms with Crippen LogP contribution in [0.1, 0.15) is 19.3 Å². The number of piperidine rings is 1. The summed E-state index contributed by atoms with van der Waals surface area (Å²) in [5.41, 5.74) is 0. The van der Waals surface area contributed by atoms with Crippen molar-refractivity contribution in [2.45, 2.75) is 36.4 Å². The molecule has 1 rings (SSSR count). The zero-order chi connectivity index (χ0) is 8.48. The zero-order valence-electron chi connectivity index (χ0n) is 5.79.